The molecule has 0 bridgehead atoms. The average Bonchev–Trinajstić information content (AvgIpc) is 2.74. The summed E-state index contributed by atoms with van der Waals surface area (Å²) in [6, 6.07) is 7.02. The number of hydrogen-bond acceptors (Lipinski definition) is 2. The van der Waals surface area contributed by atoms with Crippen molar-refractivity contribution in [3.8, 4) is 0 Å². The van der Waals surface area contributed by atoms with E-state index in [1.54, 1.807) is 0 Å². The average molecular weight is 244 g/mol. The number of benzene rings is 1. The fourth-order valence-electron chi connectivity index (χ4n) is 3.63. The molecule has 0 amide bonds. The topological polar surface area (TPSA) is 15.3 Å². The highest BCUT2D eigenvalue weighted by atomic mass is 15.1. The molecule has 2 aliphatic heterocycles. The zero-order chi connectivity index (χ0) is 12.5. The predicted octanol–water partition coefficient (Wildman–Crippen LogP) is 2.77. The normalized spacial score (nSPS) is 28.3. The minimum absolute atomic E-state index is 0.852. The van der Waals surface area contributed by atoms with Gasteiger partial charge in [0.15, 0.2) is 0 Å². The van der Waals surface area contributed by atoms with Gasteiger partial charge in [-0.1, -0.05) is 32.0 Å². The third-order valence-electron chi connectivity index (χ3n) is 4.25. The Balaban J connectivity index is 1.69. The van der Waals surface area contributed by atoms with Crippen LogP contribution in [-0.4, -0.2) is 18.0 Å². The molecule has 18 heavy (non-hydrogen) atoms. The van der Waals surface area contributed by atoms with E-state index in [1.807, 2.05) is 0 Å². The summed E-state index contributed by atoms with van der Waals surface area (Å²) in [6.45, 7) is 10.5. The van der Waals surface area contributed by atoms with E-state index in [0.717, 1.165) is 31.5 Å². The Morgan fingerprint density at radius 2 is 1.83 bits per heavy atom. The maximum Gasteiger partial charge on any atom is 0.0234 e. The van der Waals surface area contributed by atoms with Crippen molar-refractivity contribution in [1.82, 2.24) is 10.2 Å². The first-order valence-electron chi connectivity index (χ1n) is 7.24. The number of fused-ring (bicyclic) bond motifs is 1. The lowest BCUT2D eigenvalue weighted by Crippen LogP contribution is -2.38. The summed E-state index contributed by atoms with van der Waals surface area (Å²) in [5.41, 5.74) is 4.48. The summed E-state index contributed by atoms with van der Waals surface area (Å²) in [5.74, 6) is 1.70. The van der Waals surface area contributed by atoms with Crippen LogP contribution < -0.4 is 5.32 Å². The second-order valence-corrected chi connectivity index (χ2v) is 6.35. The zero-order valence-electron chi connectivity index (χ0n) is 11.6. The van der Waals surface area contributed by atoms with Gasteiger partial charge in [-0.25, -0.2) is 0 Å². The summed E-state index contributed by atoms with van der Waals surface area (Å²) in [6.07, 6.45) is 1.39. The van der Waals surface area contributed by atoms with Gasteiger partial charge in [0.2, 0.25) is 0 Å². The summed E-state index contributed by atoms with van der Waals surface area (Å²) < 4.78 is 0. The Hall–Kier alpha value is -0.860. The van der Waals surface area contributed by atoms with Gasteiger partial charge < -0.3 is 5.32 Å². The molecule has 1 N–H and O–H groups in total. The molecule has 1 saturated heterocycles. The van der Waals surface area contributed by atoms with Crippen LogP contribution in [0.4, 0.5) is 0 Å². The van der Waals surface area contributed by atoms with Crippen molar-refractivity contribution < 1.29 is 0 Å². The van der Waals surface area contributed by atoms with E-state index in [-0.39, 0.29) is 0 Å². The third kappa shape index (κ3) is 2.60. The van der Waals surface area contributed by atoms with Crippen molar-refractivity contribution in [2.24, 2.45) is 11.8 Å². The molecule has 2 unspecified atom stereocenters. The molecule has 0 saturated carbocycles. The summed E-state index contributed by atoms with van der Waals surface area (Å²) in [5, 5.41) is 3.42. The highest BCUT2D eigenvalue weighted by Crippen LogP contribution is 2.24. The van der Waals surface area contributed by atoms with Gasteiger partial charge in [-0.3, -0.25) is 4.90 Å². The van der Waals surface area contributed by atoms with E-state index in [4.69, 9.17) is 0 Å². The van der Waals surface area contributed by atoms with Crippen molar-refractivity contribution in [1.29, 1.82) is 0 Å². The molecule has 0 aliphatic carbocycles. The molecule has 0 aromatic heterocycles. The summed E-state index contributed by atoms with van der Waals surface area (Å²) in [7, 11) is 0. The Bertz CT molecular complexity index is 417. The first-order valence-corrected chi connectivity index (χ1v) is 7.24. The number of nitrogens with one attached hydrogen (secondary N) is 1. The van der Waals surface area contributed by atoms with Crippen LogP contribution >= 0.6 is 0 Å². The highest BCUT2D eigenvalue weighted by molar-refractivity contribution is 5.34. The van der Waals surface area contributed by atoms with Gasteiger partial charge in [0.05, 0.1) is 0 Å². The van der Waals surface area contributed by atoms with E-state index in [1.165, 1.54) is 36.2 Å². The maximum absolute atomic E-state index is 3.42. The largest absolute Gasteiger partial charge is 0.309 e. The van der Waals surface area contributed by atoms with Crippen molar-refractivity contribution in [2.75, 3.05) is 13.1 Å². The highest BCUT2D eigenvalue weighted by Gasteiger charge is 2.22. The number of likely N-dealkylation sites (tertiary alicyclic amines) is 1. The first-order chi connectivity index (χ1) is 8.70. The Kier molecular flexibility index (Phi) is 3.40. The van der Waals surface area contributed by atoms with E-state index in [0.29, 0.717) is 0 Å². The van der Waals surface area contributed by atoms with Crippen molar-refractivity contribution in [2.45, 2.75) is 39.9 Å². The van der Waals surface area contributed by atoms with Crippen molar-refractivity contribution in [3.05, 3.63) is 34.9 Å². The molecule has 2 aliphatic rings. The maximum atomic E-state index is 3.42. The lowest BCUT2D eigenvalue weighted by atomic mass is 9.91. The number of nitrogens with zero attached hydrogens (tertiary/aromatic N) is 1. The SMILES string of the molecule is CC1CC(C)CN(Cc2ccc3c(c2)CNC3)C1. The molecule has 2 nitrogen and oxygen atoms in total. The van der Waals surface area contributed by atoms with Crippen molar-refractivity contribution >= 4 is 0 Å². The van der Waals surface area contributed by atoms with E-state index >= 15 is 0 Å². The predicted molar refractivity (Wildman–Crippen MR) is 75.2 cm³/mol. The minimum atomic E-state index is 0.852. The van der Waals surface area contributed by atoms with E-state index in [2.05, 4.69) is 42.3 Å². The standard InChI is InChI=1S/C16H24N2/c1-12-5-13(2)10-18(9-12)11-14-3-4-15-7-17-8-16(15)6-14/h3-4,6,12-13,17H,5,7-11H2,1-2H3. The van der Waals surface area contributed by atoms with E-state index in [9.17, 15) is 0 Å². The number of hydrogen-bond donors (Lipinski definition) is 1. The molecule has 1 fully saturated rings. The Morgan fingerprint density at radius 1 is 1.11 bits per heavy atom. The van der Waals surface area contributed by atoms with E-state index < -0.39 is 0 Å². The van der Waals surface area contributed by atoms with Gasteiger partial charge in [-0.05, 0) is 34.9 Å². The second-order valence-electron chi connectivity index (χ2n) is 6.35. The molecule has 0 spiro atoms. The van der Waals surface area contributed by atoms with Gasteiger partial charge in [0.1, 0.15) is 0 Å². The van der Waals surface area contributed by atoms with Gasteiger partial charge in [-0.15, -0.1) is 0 Å². The van der Waals surface area contributed by atoms with Crippen LogP contribution in [0.25, 0.3) is 0 Å². The van der Waals surface area contributed by atoms with Crippen LogP contribution in [0.5, 0.6) is 0 Å². The Morgan fingerprint density at radius 3 is 2.61 bits per heavy atom. The molecule has 3 rings (SSSR count). The van der Waals surface area contributed by atoms with Gasteiger partial charge >= 0.3 is 0 Å². The van der Waals surface area contributed by atoms with Crippen LogP contribution in [0, 0.1) is 11.8 Å². The van der Waals surface area contributed by atoms with Crippen LogP contribution in [0.15, 0.2) is 18.2 Å². The molecule has 2 heteroatoms. The quantitative estimate of drug-likeness (QED) is 0.860. The van der Waals surface area contributed by atoms with Gasteiger partial charge in [-0.2, -0.15) is 0 Å². The molecular weight excluding hydrogens is 220 g/mol. The van der Waals surface area contributed by atoms with Gasteiger partial charge in [0, 0.05) is 32.7 Å². The lowest BCUT2D eigenvalue weighted by molar-refractivity contribution is 0.134. The minimum Gasteiger partial charge on any atom is -0.309 e. The van der Waals surface area contributed by atoms with Gasteiger partial charge in [0.25, 0.3) is 0 Å². The Labute approximate surface area is 110 Å². The van der Waals surface area contributed by atoms with Crippen LogP contribution in [0.3, 0.4) is 0 Å². The molecule has 98 valence electrons. The number of rotatable bonds is 2. The fourth-order valence-corrected chi connectivity index (χ4v) is 3.63. The number of piperidine rings is 1. The van der Waals surface area contributed by atoms with Crippen molar-refractivity contribution in [3.63, 3.8) is 0 Å². The molecule has 1 aromatic rings. The smallest absolute Gasteiger partial charge is 0.0234 e. The third-order valence-corrected chi connectivity index (χ3v) is 4.25. The molecular formula is C16H24N2. The van der Waals surface area contributed by atoms with Crippen LogP contribution in [0.1, 0.15) is 37.0 Å². The molecule has 1 aromatic carbocycles. The van der Waals surface area contributed by atoms with Crippen LogP contribution in [0.2, 0.25) is 0 Å². The molecule has 0 radical (unpaired) electrons. The summed E-state index contributed by atoms with van der Waals surface area (Å²) >= 11 is 0. The molecule has 2 heterocycles. The summed E-state index contributed by atoms with van der Waals surface area (Å²) in [4.78, 5) is 2.63. The second kappa shape index (κ2) is 5.02. The zero-order valence-corrected chi connectivity index (χ0v) is 11.6. The lowest BCUT2D eigenvalue weighted by Gasteiger charge is -2.35. The molecule has 2 atom stereocenters. The first kappa shape index (κ1) is 12.2. The monoisotopic (exact) mass is 244 g/mol. The fraction of sp³-hybridized carbons (Fsp3) is 0.625. The van der Waals surface area contributed by atoms with Crippen LogP contribution in [-0.2, 0) is 19.6 Å².